The first kappa shape index (κ1) is 22.7. The quantitative estimate of drug-likeness (QED) is 0.662. The lowest BCUT2D eigenvalue weighted by Gasteiger charge is -2.31. The molecule has 6 nitrogen and oxygen atoms in total. The lowest BCUT2D eigenvalue weighted by atomic mass is 9.95. The van der Waals surface area contributed by atoms with Crippen molar-refractivity contribution in [3.8, 4) is 11.5 Å². The summed E-state index contributed by atoms with van der Waals surface area (Å²) in [5.74, 6) is 0.974. The second kappa shape index (κ2) is 11.4. The predicted octanol–water partition coefficient (Wildman–Crippen LogP) is 3.94. The molecule has 0 saturated heterocycles. The van der Waals surface area contributed by atoms with E-state index in [4.69, 9.17) is 9.47 Å². The molecule has 1 aliphatic carbocycles. The van der Waals surface area contributed by atoms with E-state index in [9.17, 15) is 9.59 Å². The summed E-state index contributed by atoms with van der Waals surface area (Å²) >= 11 is 0. The van der Waals surface area contributed by atoms with Crippen LogP contribution in [0.4, 0.5) is 0 Å². The standard InChI is InChI=1S/C25H32N2O4/c1-19(25(29)26-21-11-5-3-6-12-21)27(17-20-10-9-15-23(16-20)30-2)24(28)18-31-22-13-7-4-8-14-22/h4,7-10,13-16,19,21H,3,5-6,11-12,17-18H2,1-2H3,(H,26,29)/t19-/m1/s1. The van der Waals surface area contributed by atoms with Crippen molar-refractivity contribution in [3.63, 3.8) is 0 Å². The molecule has 31 heavy (non-hydrogen) atoms. The van der Waals surface area contributed by atoms with Crippen molar-refractivity contribution >= 4 is 11.8 Å². The highest BCUT2D eigenvalue weighted by Crippen LogP contribution is 2.19. The smallest absolute Gasteiger partial charge is 0.261 e. The maximum atomic E-state index is 13.1. The van der Waals surface area contributed by atoms with Crippen LogP contribution in [0.5, 0.6) is 11.5 Å². The van der Waals surface area contributed by atoms with Crippen LogP contribution in [0, 0.1) is 0 Å². The van der Waals surface area contributed by atoms with Crippen LogP contribution in [0.3, 0.4) is 0 Å². The molecular weight excluding hydrogens is 392 g/mol. The number of carbonyl (C=O) groups excluding carboxylic acids is 2. The Kier molecular flexibility index (Phi) is 8.33. The fourth-order valence-electron chi connectivity index (χ4n) is 3.86. The van der Waals surface area contributed by atoms with Gasteiger partial charge in [0.1, 0.15) is 17.5 Å². The fraction of sp³-hybridized carbons (Fsp3) is 0.440. The highest BCUT2D eigenvalue weighted by atomic mass is 16.5. The van der Waals surface area contributed by atoms with Crippen LogP contribution < -0.4 is 14.8 Å². The molecule has 0 spiro atoms. The van der Waals surface area contributed by atoms with Gasteiger partial charge in [0, 0.05) is 12.6 Å². The lowest BCUT2D eigenvalue weighted by molar-refractivity contribution is -0.142. The number of carbonyl (C=O) groups is 2. The van der Waals surface area contributed by atoms with Gasteiger partial charge in [0.25, 0.3) is 5.91 Å². The van der Waals surface area contributed by atoms with Crippen molar-refractivity contribution in [2.75, 3.05) is 13.7 Å². The Labute approximate surface area is 184 Å². The van der Waals surface area contributed by atoms with Crippen LogP contribution in [-0.4, -0.2) is 42.5 Å². The summed E-state index contributed by atoms with van der Waals surface area (Å²) in [5.41, 5.74) is 0.893. The maximum absolute atomic E-state index is 13.1. The van der Waals surface area contributed by atoms with Crippen LogP contribution in [0.15, 0.2) is 54.6 Å². The molecule has 1 atom stereocenters. The fourth-order valence-corrected chi connectivity index (χ4v) is 3.86. The first-order chi connectivity index (χ1) is 15.1. The summed E-state index contributed by atoms with van der Waals surface area (Å²) in [6, 6.07) is 16.3. The van der Waals surface area contributed by atoms with Gasteiger partial charge in [-0.2, -0.15) is 0 Å². The van der Waals surface area contributed by atoms with Crippen LogP contribution in [-0.2, 0) is 16.1 Å². The number of ether oxygens (including phenoxy) is 2. The monoisotopic (exact) mass is 424 g/mol. The second-order valence-electron chi connectivity index (χ2n) is 7.99. The molecule has 0 unspecified atom stereocenters. The van der Waals surface area contributed by atoms with E-state index in [1.165, 1.54) is 6.42 Å². The molecule has 0 bridgehead atoms. The van der Waals surface area contributed by atoms with Crippen molar-refractivity contribution in [1.29, 1.82) is 0 Å². The number of hydrogen-bond acceptors (Lipinski definition) is 4. The largest absolute Gasteiger partial charge is 0.497 e. The van der Waals surface area contributed by atoms with E-state index in [1.54, 1.807) is 31.1 Å². The van der Waals surface area contributed by atoms with Gasteiger partial charge in [-0.15, -0.1) is 0 Å². The third kappa shape index (κ3) is 6.74. The first-order valence-corrected chi connectivity index (χ1v) is 11.0. The number of hydrogen-bond donors (Lipinski definition) is 1. The Morgan fingerprint density at radius 2 is 1.74 bits per heavy atom. The molecule has 1 N–H and O–H groups in total. The van der Waals surface area contributed by atoms with Gasteiger partial charge in [-0.3, -0.25) is 9.59 Å². The molecule has 6 heteroatoms. The minimum absolute atomic E-state index is 0.122. The van der Waals surface area contributed by atoms with Crippen molar-refractivity contribution in [2.24, 2.45) is 0 Å². The van der Waals surface area contributed by atoms with Crippen LogP contribution >= 0.6 is 0 Å². The first-order valence-electron chi connectivity index (χ1n) is 11.0. The van der Waals surface area contributed by atoms with Gasteiger partial charge in [-0.05, 0) is 49.6 Å². The van der Waals surface area contributed by atoms with E-state index in [1.807, 2.05) is 42.5 Å². The summed E-state index contributed by atoms with van der Waals surface area (Å²) in [6.45, 7) is 1.95. The second-order valence-corrected chi connectivity index (χ2v) is 7.99. The van der Waals surface area contributed by atoms with Gasteiger partial charge in [-0.1, -0.05) is 49.6 Å². The topological polar surface area (TPSA) is 67.9 Å². The Hall–Kier alpha value is -3.02. The van der Waals surface area contributed by atoms with E-state index in [2.05, 4.69) is 5.32 Å². The lowest BCUT2D eigenvalue weighted by Crippen LogP contribution is -2.51. The van der Waals surface area contributed by atoms with Gasteiger partial charge in [0.15, 0.2) is 6.61 Å². The molecule has 166 valence electrons. The van der Waals surface area contributed by atoms with Crippen molar-refractivity contribution in [2.45, 2.75) is 57.7 Å². The number of amides is 2. The zero-order valence-electron chi connectivity index (χ0n) is 18.4. The highest BCUT2D eigenvalue weighted by Gasteiger charge is 2.28. The van der Waals surface area contributed by atoms with E-state index in [-0.39, 0.29) is 24.5 Å². The van der Waals surface area contributed by atoms with Crippen LogP contribution in [0.1, 0.15) is 44.6 Å². The van der Waals surface area contributed by atoms with Crippen molar-refractivity contribution in [1.82, 2.24) is 10.2 Å². The Balaban J connectivity index is 1.71. The summed E-state index contributed by atoms with van der Waals surface area (Å²) < 4.78 is 11.0. The molecule has 1 aliphatic rings. The zero-order valence-corrected chi connectivity index (χ0v) is 18.4. The van der Waals surface area contributed by atoms with E-state index in [0.29, 0.717) is 18.0 Å². The number of methoxy groups -OCH3 is 1. The number of nitrogens with one attached hydrogen (secondary N) is 1. The Morgan fingerprint density at radius 1 is 1.03 bits per heavy atom. The zero-order chi connectivity index (χ0) is 22.1. The molecule has 1 fully saturated rings. The van der Waals surface area contributed by atoms with Crippen molar-refractivity contribution < 1.29 is 19.1 Å². The molecule has 0 aliphatic heterocycles. The van der Waals surface area contributed by atoms with Gasteiger partial charge >= 0.3 is 0 Å². The SMILES string of the molecule is COc1cccc(CN(C(=O)COc2ccccc2)[C@H](C)C(=O)NC2CCCCC2)c1. The molecule has 2 aromatic carbocycles. The highest BCUT2D eigenvalue weighted by molar-refractivity contribution is 5.88. The Morgan fingerprint density at radius 3 is 2.45 bits per heavy atom. The summed E-state index contributed by atoms with van der Waals surface area (Å²) in [7, 11) is 1.61. The minimum Gasteiger partial charge on any atom is -0.497 e. The summed E-state index contributed by atoms with van der Waals surface area (Å²) in [5, 5.41) is 3.14. The minimum atomic E-state index is -0.611. The normalized spacial score (nSPS) is 15.0. The number of benzene rings is 2. The van der Waals surface area contributed by atoms with Gasteiger partial charge in [0.05, 0.1) is 7.11 Å². The van der Waals surface area contributed by atoms with Gasteiger partial charge < -0.3 is 19.7 Å². The average Bonchev–Trinajstić information content (AvgIpc) is 2.82. The molecular formula is C25H32N2O4. The molecule has 0 aromatic heterocycles. The summed E-state index contributed by atoms with van der Waals surface area (Å²) in [4.78, 5) is 27.7. The van der Waals surface area contributed by atoms with Gasteiger partial charge in [0.2, 0.25) is 5.91 Å². The summed E-state index contributed by atoms with van der Waals surface area (Å²) in [6.07, 6.45) is 5.49. The van der Waals surface area contributed by atoms with Crippen LogP contribution in [0.2, 0.25) is 0 Å². The molecule has 2 amide bonds. The molecule has 0 radical (unpaired) electrons. The number of rotatable bonds is 9. The molecule has 0 heterocycles. The molecule has 2 aromatic rings. The number of para-hydroxylation sites is 1. The third-order valence-corrected chi connectivity index (χ3v) is 5.71. The van der Waals surface area contributed by atoms with E-state index in [0.717, 1.165) is 31.2 Å². The van der Waals surface area contributed by atoms with E-state index < -0.39 is 6.04 Å². The molecule has 1 saturated carbocycles. The van der Waals surface area contributed by atoms with Gasteiger partial charge in [-0.25, -0.2) is 0 Å². The maximum Gasteiger partial charge on any atom is 0.261 e. The number of nitrogens with zero attached hydrogens (tertiary/aromatic N) is 1. The Bertz CT molecular complexity index is 850. The third-order valence-electron chi connectivity index (χ3n) is 5.71. The molecule has 3 rings (SSSR count). The average molecular weight is 425 g/mol. The van der Waals surface area contributed by atoms with E-state index >= 15 is 0 Å². The predicted molar refractivity (Wildman–Crippen MR) is 120 cm³/mol. The van der Waals surface area contributed by atoms with Crippen LogP contribution in [0.25, 0.3) is 0 Å². The van der Waals surface area contributed by atoms with Crippen molar-refractivity contribution in [3.05, 3.63) is 60.2 Å².